The van der Waals surface area contributed by atoms with Crippen LogP contribution in [0.4, 0.5) is 15.3 Å². The Kier molecular flexibility index (Phi) is 11.5. The van der Waals surface area contributed by atoms with Crippen molar-refractivity contribution >= 4 is 45.6 Å². The zero-order chi connectivity index (χ0) is 35.2. The number of amides is 5. The number of nitrogens with one attached hydrogen (secondary N) is 4. The predicted molar refractivity (Wildman–Crippen MR) is 180 cm³/mol. The fourth-order valence-electron chi connectivity index (χ4n) is 6.50. The molecule has 3 fully saturated rings. The summed E-state index contributed by atoms with van der Waals surface area (Å²) in [5.41, 5.74) is 0.0202. The number of carbonyl (C=O) groups excluding carboxylic acids is 5. The molecule has 4 N–H and O–H groups in total. The lowest BCUT2D eigenvalue weighted by Gasteiger charge is -2.29. The first-order valence-electron chi connectivity index (χ1n) is 17.3. The number of cyclic esters (lactones) is 1. The van der Waals surface area contributed by atoms with E-state index in [1.165, 1.54) is 11.0 Å². The van der Waals surface area contributed by atoms with Crippen LogP contribution in [0.3, 0.4) is 0 Å². The summed E-state index contributed by atoms with van der Waals surface area (Å²) in [5.74, 6) is -2.68. The molecule has 1 aromatic carbocycles. The van der Waals surface area contributed by atoms with Gasteiger partial charge in [0.15, 0.2) is 0 Å². The number of ether oxygens (including phenoxy) is 2. The number of hydrogen-bond donors (Lipinski definition) is 4. The lowest BCUT2D eigenvalue weighted by molar-refractivity contribution is -0.141. The molecule has 4 bridgehead atoms. The van der Waals surface area contributed by atoms with Crippen molar-refractivity contribution in [3.05, 3.63) is 42.5 Å². The molecule has 2 saturated carbocycles. The Morgan fingerprint density at radius 3 is 2.61 bits per heavy atom. The van der Waals surface area contributed by atoms with E-state index >= 15 is 0 Å². The summed E-state index contributed by atoms with van der Waals surface area (Å²) in [4.78, 5) is 68.5. The van der Waals surface area contributed by atoms with Crippen molar-refractivity contribution < 1.29 is 41.9 Å². The van der Waals surface area contributed by atoms with Gasteiger partial charge in [0.25, 0.3) is 5.91 Å². The largest absolute Gasteiger partial charge is 0.450 e. The third-order valence-corrected chi connectivity index (χ3v) is 11.4. The number of sulfonamides is 1. The quantitative estimate of drug-likeness (QED) is 0.280. The molecule has 2 aliphatic heterocycles. The van der Waals surface area contributed by atoms with Crippen molar-refractivity contribution in [1.29, 1.82) is 0 Å². The Bertz CT molecular complexity index is 1550. The van der Waals surface area contributed by atoms with Gasteiger partial charge in [-0.05, 0) is 62.6 Å². The summed E-state index contributed by atoms with van der Waals surface area (Å²) in [6.07, 6.45) is 5.79. The highest BCUT2D eigenvalue weighted by atomic mass is 32.2. The zero-order valence-corrected chi connectivity index (χ0v) is 28.7. The van der Waals surface area contributed by atoms with E-state index in [0.29, 0.717) is 31.4 Å². The minimum absolute atomic E-state index is 0.0905. The van der Waals surface area contributed by atoms with Gasteiger partial charge in [-0.15, -0.1) is 6.58 Å². The van der Waals surface area contributed by atoms with E-state index in [0.717, 1.165) is 37.7 Å². The van der Waals surface area contributed by atoms with Crippen LogP contribution < -0.4 is 20.7 Å². The first-order chi connectivity index (χ1) is 23.5. The van der Waals surface area contributed by atoms with Gasteiger partial charge in [0, 0.05) is 18.0 Å². The van der Waals surface area contributed by atoms with Crippen molar-refractivity contribution in [2.24, 2.45) is 5.92 Å². The molecule has 49 heavy (non-hydrogen) atoms. The summed E-state index contributed by atoms with van der Waals surface area (Å²) in [7, 11) is -3.90. The number of aryl methyl sites for hydroxylation is 1. The molecule has 14 nitrogen and oxygen atoms in total. The average Bonchev–Trinajstić information content (AvgIpc) is 3.99. The Balaban J connectivity index is 1.38. The molecule has 2 heterocycles. The number of carbonyl (C=O) groups is 5. The molecule has 1 saturated heterocycles. The number of rotatable bonds is 9. The van der Waals surface area contributed by atoms with Crippen LogP contribution in [-0.4, -0.2) is 85.4 Å². The smallest absolute Gasteiger partial charge is 0.411 e. The highest BCUT2D eigenvalue weighted by molar-refractivity contribution is 7.91. The highest BCUT2D eigenvalue weighted by Crippen LogP contribution is 2.45. The monoisotopic (exact) mass is 701 g/mol. The fraction of sp³-hybridized carbons (Fsp3) is 0.618. The molecular weight excluding hydrogens is 654 g/mol. The molecular formula is C34H47N5O9S. The molecule has 268 valence electrons. The van der Waals surface area contributed by atoms with Gasteiger partial charge in [-0.2, -0.15) is 0 Å². The van der Waals surface area contributed by atoms with Crippen LogP contribution in [0.1, 0.15) is 83.1 Å². The van der Waals surface area contributed by atoms with Crippen molar-refractivity contribution in [2.45, 2.75) is 113 Å². The molecule has 0 radical (unpaired) electrons. The Labute approximate surface area is 287 Å². The van der Waals surface area contributed by atoms with E-state index in [1.807, 2.05) is 25.1 Å². The number of fused-ring (bicyclic) bond motifs is 4. The summed E-state index contributed by atoms with van der Waals surface area (Å²) < 4.78 is 38.4. The standard InChI is InChI=1S/C34H47N5O9S/c1-3-5-14-27-30(41)39-21-25(19-28(39)29(40)37-34(20-23(34)4-2)31(42)38-49(45,46)26-15-16-26)48-33(44)35-24-13-10-12-22(18-24)11-8-6-7-9-17-47-32(43)36-27/h4,10,12-13,18,23,25-28H,2-3,5-9,11,14-17,19-21H2,1H3,(H,35,44)(H,36,43)(H,37,40)(H,38,42)/t23-,25+,27-,28-,34+/m0/s1. The molecule has 2 aliphatic carbocycles. The second kappa shape index (κ2) is 15.6. The third-order valence-electron chi connectivity index (χ3n) is 9.57. The van der Waals surface area contributed by atoms with Crippen LogP contribution in [0.5, 0.6) is 0 Å². The zero-order valence-electron chi connectivity index (χ0n) is 27.9. The Hall–Kier alpha value is -4.14. The Morgan fingerprint density at radius 1 is 1.12 bits per heavy atom. The summed E-state index contributed by atoms with van der Waals surface area (Å²) >= 11 is 0. The molecule has 1 aromatic rings. The summed E-state index contributed by atoms with van der Waals surface area (Å²) in [6.45, 7) is 5.72. The number of nitrogens with zero attached hydrogens (tertiary/aromatic N) is 1. The molecule has 4 aliphatic rings. The maximum atomic E-state index is 14.1. The minimum atomic E-state index is -3.90. The molecule has 5 rings (SSSR count). The van der Waals surface area contributed by atoms with Crippen LogP contribution >= 0.6 is 0 Å². The van der Waals surface area contributed by atoms with Gasteiger partial charge < -0.3 is 25.0 Å². The van der Waals surface area contributed by atoms with E-state index in [2.05, 4.69) is 27.3 Å². The molecule has 0 aromatic heterocycles. The molecule has 5 atom stereocenters. The van der Waals surface area contributed by atoms with E-state index in [1.54, 1.807) is 6.07 Å². The molecule has 5 amide bonds. The topological polar surface area (TPSA) is 189 Å². The number of benzene rings is 1. The number of hydrogen-bond acceptors (Lipinski definition) is 9. The first-order valence-corrected chi connectivity index (χ1v) is 18.8. The normalized spacial score (nSPS) is 28.2. The van der Waals surface area contributed by atoms with Crippen molar-refractivity contribution in [1.82, 2.24) is 20.3 Å². The van der Waals surface area contributed by atoms with Gasteiger partial charge in [-0.25, -0.2) is 18.0 Å². The van der Waals surface area contributed by atoms with E-state index in [-0.39, 0.29) is 32.4 Å². The third kappa shape index (κ3) is 9.11. The second-order valence-electron chi connectivity index (χ2n) is 13.4. The van der Waals surface area contributed by atoms with Gasteiger partial charge >= 0.3 is 12.2 Å². The number of alkyl carbamates (subject to hydrolysis) is 1. The van der Waals surface area contributed by atoms with E-state index < -0.39 is 74.8 Å². The van der Waals surface area contributed by atoms with Crippen LogP contribution in [-0.2, 0) is 40.3 Å². The van der Waals surface area contributed by atoms with Crippen LogP contribution in [0.25, 0.3) is 0 Å². The first kappa shape index (κ1) is 36.1. The Morgan fingerprint density at radius 2 is 1.90 bits per heavy atom. The minimum Gasteiger partial charge on any atom is -0.450 e. The lowest BCUT2D eigenvalue weighted by Crippen LogP contribution is -2.58. The van der Waals surface area contributed by atoms with Crippen molar-refractivity contribution in [3.8, 4) is 0 Å². The molecule has 15 heteroatoms. The van der Waals surface area contributed by atoms with Gasteiger partial charge in [0.05, 0.1) is 18.4 Å². The van der Waals surface area contributed by atoms with Gasteiger partial charge in [-0.3, -0.25) is 24.4 Å². The van der Waals surface area contributed by atoms with E-state index in [4.69, 9.17) is 9.47 Å². The predicted octanol–water partition coefficient (Wildman–Crippen LogP) is 3.28. The van der Waals surface area contributed by atoms with E-state index in [9.17, 15) is 32.4 Å². The molecule has 0 spiro atoms. The van der Waals surface area contributed by atoms with Crippen molar-refractivity contribution in [2.75, 3.05) is 18.5 Å². The fourth-order valence-corrected chi connectivity index (χ4v) is 7.86. The van der Waals surface area contributed by atoms with Crippen LogP contribution in [0, 0.1) is 5.92 Å². The number of unbranched alkanes of at least 4 members (excludes halogenated alkanes) is 1. The maximum absolute atomic E-state index is 14.1. The average molecular weight is 702 g/mol. The van der Waals surface area contributed by atoms with Gasteiger partial charge in [0.2, 0.25) is 21.8 Å². The number of anilines is 1. The van der Waals surface area contributed by atoms with Crippen LogP contribution in [0.2, 0.25) is 0 Å². The SMILES string of the molecule is C=C[C@H]1C[C@]1(NC(=O)[C@@H]1C[C@@H]2CN1C(=O)[C@H](CCCC)NC(=O)OCCCCCCc1cccc(c1)NC(=O)O2)C(=O)NS(=O)(=O)C1CC1. The van der Waals surface area contributed by atoms with Gasteiger partial charge in [-0.1, -0.05) is 50.8 Å². The highest BCUT2D eigenvalue weighted by Gasteiger charge is 2.62. The summed E-state index contributed by atoms with van der Waals surface area (Å²) in [5, 5.41) is 7.48. The summed E-state index contributed by atoms with van der Waals surface area (Å²) in [6, 6.07) is 5.21. The van der Waals surface area contributed by atoms with Gasteiger partial charge in [0.1, 0.15) is 23.7 Å². The van der Waals surface area contributed by atoms with Crippen LogP contribution in [0.15, 0.2) is 36.9 Å². The molecule has 0 unspecified atom stereocenters. The second-order valence-corrected chi connectivity index (χ2v) is 15.4. The lowest BCUT2D eigenvalue weighted by atomic mass is 10.1. The van der Waals surface area contributed by atoms with Crippen molar-refractivity contribution in [3.63, 3.8) is 0 Å². The maximum Gasteiger partial charge on any atom is 0.411 e.